The molecule has 5 heteroatoms. The third kappa shape index (κ3) is 5.23. The number of aryl methyl sites for hydroxylation is 1. The molecule has 0 spiro atoms. The topological polar surface area (TPSA) is 66.4 Å². The molecule has 1 aromatic rings. The van der Waals surface area contributed by atoms with Gasteiger partial charge in [-0.25, -0.2) is 0 Å². The molecule has 0 saturated carbocycles. The van der Waals surface area contributed by atoms with Crippen LogP contribution in [0.1, 0.15) is 18.9 Å². The summed E-state index contributed by atoms with van der Waals surface area (Å²) in [7, 11) is 0. The highest BCUT2D eigenvalue weighted by Gasteiger charge is 2.13. The van der Waals surface area contributed by atoms with E-state index in [4.69, 9.17) is 5.11 Å². The molecule has 0 aliphatic carbocycles. The predicted octanol–water partition coefficient (Wildman–Crippen LogP) is 2.07. The first kappa shape index (κ1) is 14.6. The molecular formula is C13H17NO3S. The molecule has 1 aromatic carbocycles. The van der Waals surface area contributed by atoms with Gasteiger partial charge in [0.25, 0.3) is 0 Å². The van der Waals surface area contributed by atoms with Gasteiger partial charge in [0, 0.05) is 17.1 Å². The normalized spacial score (nSPS) is 11.9. The van der Waals surface area contributed by atoms with Crippen LogP contribution in [0.15, 0.2) is 29.2 Å². The molecule has 4 nitrogen and oxygen atoms in total. The summed E-state index contributed by atoms with van der Waals surface area (Å²) < 4.78 is 0. The van der Waals surface area contributed by atoms with Crippen molar-refractivity contribution in [2.45, 2.75) is 31.2 Å². The van der Waals surface area contributed by atoms with Gasteiger partial charge in [0.1, 0.15) is 6.04 Å². The Morgan fingerprint density at radius 2 is 1.94 bits per heavy atom. The number of rotatable bonds is 6. The first-order valence-corrected chi connectivity index (χ1v) is 6.69. The maximum Gasteiger partial charge on any atom is 0.325 e. The molecule has 0 heterocycles. The lowest BCUT2D eigenvalue weighted by Crippen LogP contribution is -2.38. The van der Waals surface area contributed by atoms with Gasteiger partial charge >= 0.3 is 5.97 Å². The van der Waals surface area contributed by atoms with Crippen molar-refractivity contribution in [1.29, 1.82) is 0 Å². The van der Waals surface area contributed by atoms with Crippen molar-refractivity contribution in [3.05, 3.63) is 29.8 Å². The van der Waals surface area contributed by atoms with Crippen molar-refractivity contribution >= 4 is 23.6 Å². The molecule has 1 amide bonds. The molecule has 0 aliphatic heterocycles. The molecular weight excluding hydrogens is 250 g/mol. The van der Waals surface area contributed by atoms with Crippen molar-refractivity contribution in [1.82, 2.24) is 5.32 Å². The van der Waals surface area contributed by atoms with Crippen molar-refractivity contribution < 1.29 is 14.7 Å². The van der Waals surface area contributed by atoms with Crippen molar-refractivity contribution in [2.75, 3.05) is 5.75 Å². The fourth-order valence-corrected chi connectivity index (χ4v) is 2.12. The zero-order valence-electron chi connectivity index (χ0n) is 10.5. The average molecular weight is 267 g/mol. The number of aliphatic carboxylic acids is 1. The van der Waals surface area contributed by atoms with Crippen LogP contribution in [0.25, 0.3) is 0 Å². The highest BCUT2D eigenvalue weighted by atomic mass is 32.2. The average Bonchev–Trinajstić information content (AvgIpc) is 2.31. The Bertz CT molecular complexity index is 417. The fourth-order valence-electron chi connectivity index (χ4n) is 1.27. The van der Waals surface area contributed by atoms with E-state index in [1.807, 2.05) is 31.2 Å². The Hall–Kier alpha value is -1.49. The molecule has 2 N–H and O–H groups in total. The van der Waals surface area contributed by atoms with E-state index in [1.165, 1.54) is 12.5 Å². The minimum Gasteiger partial charge on any atom is -0.480 e. The largest absolute Gasteiger partial charge is 0.480 e. The van der Waals surface area contributed by atoms with E-state index in [0.717, 1.165) is 4.90 Å². The Morgan fingerprint density at radius 3 is 2.50 bits per heavy atom. The molecule has 0 bridgehead atoms. The molecule has 1 rings (SSSR count). The van der Waals surface area contributed by atoms with Crippen LogP contribution in [-0.4, -0.2) is 28.8 Å². The highest BCUT2D eigenvalue weighted by molar-refractivity contribution is 7.99. The summed E-state index contributed by atoms with van der Waals surface area (Å²) in [5.74, 6) is -0.611. The van der Waals surface area contributed by atoms with Gasteiger partial charge in [-0.15, -0.1) is 11.8 Å². The van der Waals surface area contributed by atoms with Gasteiger partial charge in [0.15, 0.2) is 0 Å². The number of carbonyl (C=O) groups is 2. The second kappa shape index (κ2) is 7.06. The third-order valence-electron chi connectivity index (χ3n) is 2.37. The summed E-state index contributed by atoms with van der Waals surface area (Å²) in [5, 5.41) is 11.1. The van der Waals surface area contributed by atoms with E-state index < -0.39 is 12.0 Å². The number of hydrogen-bond donors (Lipinski definition) is 2. The number of benzene rings is 1. The standard InChI is InChI=1S/C13H17NO3S/c1-9-3-5-11(6-4-9)18-8-7-12(15)14-10(2)13(16)17/h3-6,10H,7-8H2,1-2H3,(H,14,15)(H,16,17)/t10-/m0/s1. The molecule has 18 heavy (non-hydrogen) atoms. The van der Waals surface area contributed by atoms with E-state index in [9.17, 15) is 9.59 Å². The lowest BCUT2D eigenvalue weighted by Gasteiger charge is -2.08. The van der Waals surface area contributed by atoms with Crippen LogP contribution in [0.4, 0.5) is 0 Å². The Balaban J connectivity index is 2.27. The number of nitrogens with one attached hydrogen (secondary N) is 1. The van der Waals surface area contributed by atoms with Gasteiger partial charge < -0.3 is 10.4 Å². The number of carbonyl (C=O) groups excluding carboxylic acids is 1. The molecule has 0 fully saturated rings. The van der Waals surface area contributed by atoms with Crippen LogP contribution >= 0.6 is 11.8 Å². The molecule has 1 atom stereocenters. The smallest absolute Gasteiger partial charge is 0.325 e. The summed E-state index contributed by atoms with van der Waals surface area (Å²) >= 11 is 1.58. The number of carboxylic acid groups (broad SMARTS) is 1. The second-order valence-electron chi connectivity index (χ2n) is 4.04. The van der Waals surface area contributed by atoms with Gasteiger partial charge in [-0.05, 0) is 26.0 Å². The first-order chi connectivity index (χ1) is 8.49. The van der Waals surface area contributed by atoms with E-state index in [2.05, 4.69) is 5.32 Å². The van der Waals surface area contributed by atoms with Crippen LogP contribution in [0.2, 0.25) is 0 Å². The van der Waals surface area contributed by atoms with Crippen LogP contribution in [0.5, 0.6) is 0 Å². The molecule has 0 aromatic heterocycles. The minimum atomic E-state index is -1.02. The monoisotopic (exact) mass is 267 g/mol. The van der Waals surface area contributed by atoms with Gasteiger partial charge in [-0.2, -0.15) is 0 Å². The van der Waals surface area contributed by atoms with E-state index in [0.29, 0.717) is 12.2 Å². The molecule has 98 valence electrons. The number of thioether (sulfide) groups is 1. The lowest BCUT2D eigenvalue weighted by molar-refractivity contribution is -0.141. The van der Waals surface area contributed by atoms with E-state index in [1.54, 1.807) is 11.8 Å². The van der Waals surface area contributed by atoms with Crippen molar-refractivity contribution in [3.63, 3.8) is 0 Å². The number of amides is 1. The van der Waals surface area contributed by atoms with Gasteiger partial charge in [0.05, 0.1) is 0 Å². The van der Waals surface area contributed by atoms with Crippen LogP contribution in [0, 0.1) is 6.92 Å². The van der Waals surface area contributed by atoms with E-state index in [-0.39, 0.29) is 5.91 Å². The second-order valence-corrected chi connectivity index (χ2v) is 5.21. The summed E-state index contributed by atoms with van der Waals surface area (Å²) in [6.45, 7) is 3.47. The first-order valence-electron chi connectivity index (χ1n) is 5.70. The summed E-state index contributed by atoms with van der Waals surface area (Å²) in [6, 6.07) is 7.24. The van der Waals surface area contributed by atoms with Crippen LogP contribution in [-0.2, 0) is 9.59 Å². The zero-order valence-corrected chi connectivity index (χ0v) is 11.3. The maximum atomic E-state index is 11.4. The molecule has 0 saturated heterocycles. The molecule has 0 aliphatic rings. The number of carboxylic acids is 1. The highest BCUT2D eigenvalue weighted by Crippen LogP contribution is 2.18. The third-order valence-corrected chi connectivity index (χ3v) is 3.38. The Morgan fingerprint density at radius 1 is 1.33 bits per heavy atom. The van der Waals surface area contributed by atoms with Gasteiger partial charge in [-0.3, -0.25) is 9.59 Å². The Labute approximate surface area is 111 Å². The minimum absolute atomic E-state index is 0.232. The van der Waals surface area contributed by atoms with Crippen molar-refractivity contribution in [2.24, 2.45) is 0 Å². The lowest BCUT2D eigenvalue weighted by atomic mass is 10.2. The van der Waals surface area contributed by atoms with Gasteiger partial charge in [-0.1, -0.05) is 17.7 Å². The van der Waals surface area contributed by atoms with Crippen LogP contribution < -0.4 is 5.32 Å². The van der Waals surface area contributed by atoms with Crippen LogP contribution in [0.3, 0.4) is 0 Å². The quantitative estimate of drug-likeness (QED) is 0.774. The summed E-state index contributed by atoms with van der Waals surface area (Å²) in [6.07, 6.45) is 0.316. The van der Waals surface area contributed by atoms with Gasteiger partial charge in [0.2, 0.25) is 5.91 Å². The predicted molar refractivity (Wildman–Crippen MR) is 71.8 cm³/mol. The SMILES string of the molecule is Cc1ccc(SCCC(=O)N[C@@H](C)C(=O)O)cc1. The number of hydrogen-bond acceptors (Lipinski definition) is 3. The Kier molecular flexibility index (Phi) is 5.71. The molecule has 0 radical (unpaired) electrons. The maximum absolute atomic E-state index is 11.4. The zero-order chi connectivity index (χ0) is 13.5. The fraction of sp³-hybridized carbons (Fsp3) is 0.385. The van der Waals surface area contributed by atoms with E-state index >= 15 is 0 Å². The summed E-state index contributed by atoms with van der Waals surface area (Å²) in [5.41, 5.74) is 1.20. The molecule has 0 unspecified atom stereocenters. The summed E-state index contributed by atoms with van der Waals surface area (Å²) in [4.78, 5) is 23.1. The van der Waals surface area contributed by atoms with Crippen molar-refractivity contribution in [3.8, 4) is 0 Å².